The molecule has 1 saturated carbocycles. The lowest BCUT2D eigenvalue weighted by Gasteiger charge is -2.41. The molecular formula is C17H29NO2. The van der Waals surface area contributed by atoms with E-state index in [-0.39, 0.29) is 18.1 Å². The van der Waals surface area contributed by atoms with Gasteiger partial charge in [-0.15, -0.1) is 0 Å². The number of hydrogen-bond donors (Lipinski definition) is 0. The highest BCUT2D eigenvalue weighted by Crippen LogP contribution is 2.43. The van der Waals surface area contributed by atoms with Crippen LogP contribution in [0.4, 0.5) is 0 Å². The molecule has 1 heterocycles. The van der Waals surface area contributed by atoms with E-state index in [9.17, 15) is 5.26 Å². The molecule has 0 aromatic carbocycles. The predicted octanol–water partition coefficient (Wildman–Crippen LogP) is 3.93. The molecule has 0 bridgehead atoms. The lowest BCUT2D eigenvalue weighted by molar-refractivity contribution is -0.0662. The average Bonchev–Trinajstić information content (AvgIpc) is 2.98. The highest BCUT2D eigenvalue weighted by atomic mass is 16.5. The summed E-state index contributed by atoms with van der Waals surface area (Å²) in [6.07, 6.45) is 6.99. The van der Waals surface area contributed by atoms with Crippen molar-refractivity contribution in [3.63, 3.8) is 0 Å². The van der Waals surface area contributed by atoms with Crippen LogP contribution in [-0.4, -0.2) is 25.4 Å². The van der Waals surface area contributed by atoms with Crippen LogP contribution in [0, 0.1) is 28.6 Å². The maximum Gasteiger partial charge on any atom is 0.0809 e. The Morgan fingerprint density at radius 3 is 2.70 bits per heavy atom. The molecule has 1 saturated heterocycles. The van der Waals surface area contributed by atoms with Crippen LogP contribution in [-0.2, 0) is 9.47 Å². The van der Waals surface area contributed by atoms with Crippen molar-refractivity contribution in [3.05, 3.63) is 0 Å². The summed E-state index contributed by atoms with van der Waals surface area (Å²) in [5.41, 5.74) is 0.353. The fraction of sp³-hybridized carbons (Fsp3) is 0.941. The standard InChI is InChI=1S/C17H29NO2/c1-4-17(2,3)14-8-7-13(11-18)16(10-14)20-12-15-6-5-9-19-15/h13-16H,4-10,12H2,1-3H3. The first-order valence-corrected chi connectivity index (χ1v) is 8.19. The molecule has 1 aliphatic heterocycles. The summed E-state index contributed by atoms with van der Waals surface area (Å²) in [6, 6.07) is 2.45. The van der Waals surface area contributed by atoms with E-state index in [1.807, 2.05) is 0 Å². The van der Waals surface area contributed by atoms with Gasteiger partial charge in [0.05, 0.1) is 30.8 Å². The van der Waals surface area contributed by atoms with Crippen LogP contribution in [0.5, 0.6) is 0 Å². The molecule has 0 amide bonds. The molecule has 3 nitrogen and oxygen atoms in total. The van der Waals surface area contributed by atoms with E-state index in [1.54, 1.807) is 0 Å². The molecule has 0 N–H and O–H groups in total. The molecule has 20 heavy (non-hydrogen) atoms. The molecule has 114 valence electrons. The van der Waals surface area contributed by atoms with Crippen LogP contribution >= 0.6 is 0 Å². The Hall–Kier alpha value is -0.590. The third kappa shape index (κ3) is 3.74. The lowest BCUT2D eigenvalue weighted by atomic mass is 9.67. The van der Waals surface area contributed by atoms with Crippen molar-refractivity contribution in [1.82, 2.24) is 0 Å². The van der Waals surface area contributed by atoms with Crippen LogP contribution in [0.15, 0.2) is 0 Å². The van der Waals surface area contributed by atoms with E-state index < -0.39 is 0 Å². The smallest absolute Gasteiger partial charge is 0.0809 e. The highest BCUT2D eigenvalue weighted by molar-refractivity contribution is 4.96. The second-order valence-electron chi connectivity index (χ2n) is 7.09. The average molecular weight is 279 g/mol. The Morgan fingerprint density at radius 2 is 2.10 bits per heavy atom. The summed E-state index contributed by atoms with van der Waals surface area (Å²) < 4.78 is 11.7. The van der Waals surface area contributed by atoms with Crippen molar-refractivity contribution in [2.45, 2.75) is 71.5 Å². The summed E-state index contributed by atoms with van der Waals surface area (Å²) >= 11 is 0. The Bertz CT molecular complexity index is 341. The minimum atomic E-state index is 0.0697. The van der Waals surface area contributed by atoms with Gasteiger partial charge < -0.3 is 9.47 Å². The van der Waals surface area contributed by atoms with Crippen molar-refractivity contribution >= 4 is 0 Å². The van der Waals surface area contributed by atoms with Gasteiger partial charge in [0.1, 0.15) is 0 Å². The van der Waals surface area contributed by atoms with Gasteiger partial charge in [0.2, 0.25) is 0 Å². The third-order valence-corrected chi connectivity index (χ3v) is 5.49. The molecule has 0 aromatic rings. The van der Waals surface area contributed by atoms with Crippen molar-refractivity contribution in [2.75, 3.05) is 13.2 Å². The van der Waals surface area contributed by atoms with E-state index in [2.05, 4.69) is 26.8 Å². The molecule has 0 spiro atoms. The number of ether oxygens (including phenoxy) is 2. The fourth-order valence-electron chi connectivity index (χ4n) is 3.47. The Balaban J connectivity index is 1.90. The first-order chi connectivity index (χ1) is 9.56. The maximum absolute atomic E-state index is 9.34. The van der Waals surface area contributed by atoms with E-state index in [4.69, 9.17) is 9.47 Å². The van der Waals surface area contributed by atoms with Crippen LogP contribution in [0.2, 0.25) is 0 Å². The van der Waals surface area contributed by atoms with Crippen LogP contribution < -0.4 is 0 Å². The zero-order chi connectivity index (χ0) is 14.6. The van der Waals surface area contributed by atoms with Crippen LogP contribution in [0.3, 0.4) is 0 Å². The summed E-state index contributed by atoms with van der Waals surface area (Å²) in [5, 5.41) is 9.34. The van der Waals surface area contributed by atoms with E-state index in [0.717, 1.165) is 32.3 Å². The summed E-state index contributed by atoms with van der Waals surface area (Å²) in [7, 11) is 0. The minimum absolute atomic E-state index is 0.0697. The molecular weight excluding hydrogens is 250 g/mol. The number of nitriles is 1. The quantitative estimate of drug-likeness (QED) is 0.766. The van der Waals surface area contributed by atoms with Gasteiger partial charge in [-0.3, -0.25) is 0 Å². The van der Waals surface area contributed by atoms with Gasteiger partial charge in [0.15, 0.2) is 0 Å². The van der Waals surface area contributed by atoms with Gasteiger partial charge in [-0.2, -0.15) is 5.26 Å². The molecule has 2 aliphatic rings. The van der Waals surface area contributed by atoms with Gasteiger partial charge >= 0.3 is 0 Å². The van der Waals surface area contributed by atoms with Crippen molar-refractivity contribution in [2.24, 2.45) is 17.3 Å². The second-order valence-corrected chi connectivity index (χ2v) is 7.09. The van der Waals surface area contributed by atoms with Gasteiger partial charge in [0, 0.05) is 6.61 Å². The summed E-state index contributed by atoms with van der Waals surface area (Å²) in [5.74, 6) is 0.743. The lowest BCUT2D eigenvalue weighted by Crippen LogP contribution is -2.38. The minimum Gasteiger partial charge on any atom is -0.376 e. The fourth-order valence-corrected chi connectivity index (χ4v) is 3.47. The van der Waals surface area contributed by atoms with Crippen LogP contribution in [0.25, 0.3) is 0 Å². The van der Waals surface area contributed by atoms with Crippen molar-refractivity contribution < 1.29 is 9.47 Å². The van der Waals surface area contributed by atoms with Crippen LogP contribution in [0.1, 0.15) is 59.3 Å². The second kappa shape index (κ2) is 6.91. The highest BCUT2D eigenvalue weighted by Gasteiger charge is 2.38. The topological polar surface area (TPSA) is 42.2 Å². The first-order valence-electron chi connectivity index (χ1n) is 8.19. The molecule has 3 heteroatoms. The first kappa shape index (κ1) is 15.8. The molecule has 2 fully saturated rings. The van der Waals surface area contributed by atoms with Gasteiger partial charge in [-0.05, 0) is 43.4 Å². The molecule has 0 aromatic heterocycles. The predicted molar refractivity (Wildman–Crippen MR) is 79.2 cm³/mol. The molecule has 0 radical (unpaired) electrons. The molecule has 1 aliphatic carbocycles. The maximum atomic E-state index is 9.34. The third-order valence-electron chi connectivity index (χ3n) is 5.49. The van der Waals surface area contributed by atoms with Gasteiger partial charge in [0.25, 0.3) is 0 Å². The van der Waals surface area contributed by atoms with Crippen molar-refractivity contribution in [3.8, 4) is 6.07 Å². The Labute approximate surface area is 123 Å². The molecule has 4 unspecified atom stereocenters. The summed E-state index contributed by atoms with van der Waals surface area (Å²) in [6.45, 7) is 8.50. The van der Waals surface area contributed by atoms with E-state index >= 15 is 0 Å². The number of hydrogen-bond acceptors (Lipinski definition) is 3. The van der Waals surface area contributed by atoms with Crippen molar-refractivity contribution in [1.29, 1.82) is 5.26 Å². The molecule has 4 atom stereocenters. The van der Waals surface area contributed by atoms with Gasteiger partial charge in [-0.1, -0.05) is 27.2 Å². The Morgan fingerprint density at radius 1 is 1.30 bits per heavy atom. The van der Waals surface area contributed by atoms with Gasteiger partial charge in [-0.25, -0.2) is 0 Å². The molecule has 2 rings (SSSR count). The number of nitrogens with zero attached hydrogens (tertiary/aromatic N) is 1. The monoisotopic (exact) mass is 279 g/mol. The number of rotatable bonds is 5. The zero-order valence-corrected chi connectivity index (χ0v) is 13.2. The zero-order valence-electron chi connectivity index (χ0n) is 13.2. The van der Waals surface area contributed by atoms with E-state index in [0.29, 0.717) is 17.9 Å². The Kier molecular flexibility index (Phi) is 5.46. The van der Waals surface area contributed by atoms with E-state index in [1.165, 1.54) is 12.8 Å². The largest absolute Gasteiger partial charge is 0.376 e. The normalized spacial score (nSPS) is 34.9. The SMILES string of the molecule is CCC(C)(C)C1CCC(C#N)C(OCC2CCCO2)C1. The summed E-state index contributed by atoms with van der Waals surface area (Å²) in [4.78, 5) is 0.